The van der Waals surface area contributed by atoms with Crippen LogP contribution >= 0.6 is 0 Å². The van der Waals surface area contributed by atoms with Gasteiger partial charge in [0.15, 0.2) is 0 Å². The number of nitrogens with one attached hydrogen (secondary N) is 2. The van der Waals surface area contributed by atoms with Crippen molar-refractivity contribution in [1.29, 1.82) is 0 Å². The molecular formula is C32H33N3O4S. The van der Waals surface area contributed by atoms with Gasteiger partial charge in [0.25, 0.3) is 11.8 Å². The number of amides is 2. The van der Waals surface area contributed by atoms with Crippen LogP contribution in [-0.4, -0.2) is 26.5 Å². The molecule has 206 valence electrons. The quantitative estimate of drug-likeness (QED) is 0.264. The molecule has 40 heavy (non-hydrogen) atoms. The minimum atomic E-state index is -3.54. The molecule has 0 aromatic heterocycles. The zero-order valence-corrected chi connectivity index (χ0v) is 23.8. The van der Waals surface area contributed by atoms with Crippen LogP contribution < -0.4 is 14.9 Å². The molecule has 4 aromatic rings. The van der Waals surface area contributed by atoms with Crippen molar-refractivity contribution in [3.63, 3.8) is 0 Å². The summed E-state index contributed by atoms with van der Waals surface area (Å²) in [5.41, 5.74) is 5.51. The summed E-state index contributed by atoms with van der Waals surface area (Å²) >= 11 is 0. The van der Waals surface area contributed by atoms with Gasteiger partial charge in [0.05, 0.1) is 35.8 Å². The highest BCUT2D eigenvalue weighted by molar-refractivity contribution is 7.92. The van der Waals surface area contributed by atoms with Crippen molar-refractivity contribution >= 4 is 33.2 Å². The van der Waals surface area contributed by atoms with Gasteiger partial charge in [0, 0.05) is 5.56 Å². The van der Waals surface area contributed by atoms with Crippen LogP contribution in [0.2, 0.25) is 0 Å². The summed E-state index contributed by atoms with van der Waals surface area (Å²) in [6, 6.07) is 28.6. The third-order valence-corrected chi connectivity index (χ3v) is 7.93. The number of carbonyl (C=O) groups is 2. The normalized spacial score (nSPS) is 11.9. The Balaban J connectivity index is 1.47. The topological polar surface area (TPSA) is 95.6 Å². The molecule has 2 N–H and O–H groups in total. The number of carbonyl (C=O) groups excluding carboxylic acids is 2. The Morgan fingerprint density at radius 1 is 0.800 bits per heavy atom. The monoisotopic (exact) mass is 555 g/mol. The Morgan fingerprint density at radius 3 is 2.10 bits per heavy atom. The van der Waals surface area contributed by atoms with Gasteiger partial charge in [-0.25, -0.2) is 8.42 Å². The number of benzene rings is 4. The molecule has 2 amide bonds. The van der Waals surface area contributed by atoms with E-state index < -0.39 is 10.0 Å². The Morgan fingerprint density at radius 2 is 1.45 bits per heavy atom. The fourth-order valence-electron chi connectivity index (χ4n) is 4.29. The van der Waals surface area contributed by atoms with E-state index in [1.165, 1.54) is 10.6 Å². The van der Waals surface area contributed by atoms with Gasteiger partial charge in [-0.05, 0) is 79.4 Å². The maximum atomic E-state index is 13.1. The maximum Gasteiger partial charge on any atom is 0.255 e. The van der Waals surface area contributed by atoms with Crippen molar-refractivity contribution in [3.05, 3.63) is 130 Å². The molecule has 4 rings (SSSR count). The first kappa shape index (κ1) is 28.6. The molecule has 8 heteroatoms. The van der Waals surface area contributed by atoms with Gasteiger partial charge in [-0.1, -0.05) is 60.7 Å². The van der Waals surface area contributed by atoms with E-state index >= 15 is 0 Å². The zero-order chi connectivity index (χ0) is 28.9. The fourth-order valence-corrected chi connectivity index (χ4v) is 5.17. The Hall–Kier alpha value is -4.43. The highest BCUT2D eigenvalue weighted by Gasteiger charge is 2.20. The van der Waals surface area contributed by atoms with Crippen molar-refractivity contribution in [1.82, 2.24) is 5.32 Å². The van der Waals surface area contributed by atoms with Crippen LogP contribution in [0.1, 0.15) is 55.9 Å². The lowest BCUT2D eigenvalue weighted by Crippen LogP contribution is -2.29. The second-order valence-corrected chi connectivity index (χ2v) is 11.7. The van der Waals surface area contributed by atoms with Crippen LogP contribution in [0.25, 0.3) is 0 Å². The number of anilines is 2. The third kappa shape index (κ3) is 6.95. The Kier molecular flexibility index (Phi) is 8.70. The second-order valence-electron chi connectivity index (χ2n) is 9.84. The molecule has 0 saturated carbocycles. The standard InChI is InChI=1S/C32H33N3O4S/c1-22-14-19-28(20-23(22)2)35(40(4,38)39)21-25-15-17-27(18-16-25)31(36)34-30-13-9-8-12-29(30)32(37)33-24(3)26-10-6-5-7-11-26/h5-20,24H,21H2,1-4H3,(H,33,37)(H,34,36)/t24-/m0/s1. The first-order valence-electron chi connectivity index (χ1n) is 12.9. The average molecular weight is 556 g/mol. The van der Waals surface area contributed by atoms with Crippen molar-refractivity contribution < 1.29 is 18.0 Å². The molecule has 0 unspecified atom stereocenters. The molecule has 0 saturated heterocycles. The predicted molar refractivity (Wildman–Crippen MR) is 160 cm³/mol. The predicted octanol–water partition coefficient (Wildman–Crippen LogP) is 6.01. The van der Waals surface area contributed by atoms with Crippen LogP contribution in [0.3, 0.4) is 0 Å². The van der Waals surface area contributed by atoms with Crippen LogP contribution in [0.15, 0.2) is 97.1 Å². The maximum absolute atomic E-state index is 13.1. The summed E-state index contributed by atoms with van der Waals surface area (Å²) in [5.74, 6) is -0.674. The van der Waals surface area contributed by atoms with Gasteiger partial charge in [0.2, 0.25) is 10.0 Å². The summed E-state index contributed by atoms with van der Waals surface area (Å²) in [7, 11) is -3.54. The molecule has 0 aliphatic heterocycles. The van der Waals surface area contributed by atoms with E-state index in [1.807, 2.05) is 63.2 Å². The van der Waals surface area contributed by atoms with Crippen molar-refractivity contribution in [2.24, 2.45) is 0 Å². The third-order valence-electron chi connectivity index (χ3n) is 6.79. The molecule has 0 spiro atoms. The summed E-state index contributed by atoms with van der Waals surface area (Å²) in [6.07, 6.45) is 1.18. The highest BCUT2D eigenvalue weighted by atomic mass is 32.2. The van der Waals surface area contributed by atoms with E-state index in [4.69, 9.17) is 0 Å². The molecule has 0 bridgehead atoms. The average Bonchev–Trinajstić information content (AvgIpc) is 2.93. The Labute approximate surface area is 235 Å². The van der Waals surface area contributed by atoms with E-state index in [0.29, 0.717) is 22.5 Å². The molecule has 0 fully saturated rings. The van der Waals surface area contributed by atoms with Crippen LogP contribution in [0, 0.1) is 13.8 Å². The zero-order valence-electron chi connectivity index (χ0n) is 23.0. The number of nitrogens with zero attached hydrogens (tertiary/aromatic N) is 1. The number of sulfonamides is 1. The van der Waals surface area contributed by atoms with Crippen molar-refractivity contribution in [3.8, 4) is 0 Å². The first-order valence-corrected chi connectivity index (χ1v) is 14.8. The van der Waals surface area contributed by atoms with E-state index in [2.05, 4.69) is 10.6 Å². The largest absolute Gasteiger partial charge is 0.345 e. The number of hydrogen-bond acceptors (Lipinski definition) is 4. The van der Waals surface area contributed by atoms with Crippen LogP contribution in [0.4, 0.5) is 11.4 Å². The van der Waals surface area contributed by atoms with E-state index in [-0.39, 0.29) is 24.4 Å². The minimum Gasteiger partial charge on any atom is -0.345 e. The molecule has 0 aliphatic rings. The van der Waals surface area contributed by atoms with Crippen LogP contribution in [0.5, 0.6) is 0 Å². The van der Waals surface area contributed by atoms with Gasteiger partial charge >= 0.3 is 0 Å². The molecule has 0 aliphatic carbocycles. The number of aryl methyl sites for hydroxylation is 2. The molecule has 0 radical (unpaired) electrons. The highest BCUT2D eigenvalue weighted by Crippen LogP contribution is 2.24. The number of para-hydroxylation sites is 1. The van der Waals surface area contributed by atoms with Gasteiger partial charge in [-0.15, -0.1) is 0 Å². The van der Waals surface area contributed by atoms with Crippen molar-refractivity contribution in [2.45, 2.75) is 33.4 Å². The lowest BCUT2D eigenvalue weighted by Gasteiger charge is -2.23. The molecule has 4 aromatic carbocycles. The molecule has 0 heterocycles. The lowest BCUT2D eigenvalue weighted by molar-refractivity contribution is 0.0940. The summed E-state index contributed by atoms with van der Waals surface area (Å²) < 4.78 is 26.5. The van der Waals surface area contributed by atoms with E-state index in [0.717, 1.165) is 22.3 Å². The van der Waals surface area contributed by atoms with E-state index in [1.54, 1.807) is 54.6 Å². The molecule has 1 atom stereocenters. The second kappa shape index (κ2) is 12.2. The lowest BCUT2D eigenvalue weighted by atomic mass is 10.1. The SMILES string of the molecule is Cc1ccc(N(Cc2ccc(C(=O)Nc3ccccc3C(=O)N[C@@H](C)c3ccccc3)cc2)S(C)(=O)=O)cc1C. The van der Waals surface area contributed by atoms with Gasteiger partial charge < -0.3 is 10.6 Å². The van der Waals surface area contributed by atoms with Crippen LogP contribution in [-0.2, 0) is 16.6 Å². The van der Waals surface area contributed by atoms with Gasteiger partial charge in [0.1, 0.15) is 0 Å². The van der Waals surface area contributed by atoms with Gasteiger partial charge in [-0.3, -0.25) is 13.9 Å². The fraction of sp³-hybridized carbons (Fsp3) is 0.188. The number of hydrogen-bond donors (Lipinski definition) is 2. The van der Waals surface area contributed by atoms with Gasteiger partial charge in [-0.2, -0.15) is 0 Å². The Bertz CT molecular complexity index is 1620. The minimum absolute atomic E-state index is 0.131. The van der Waals surface area contributed by atoms with Crippen molar-refractivity contribution in [2.75, 3.05) is 15.9 Å². The molecular weight excluding hydrogens is 522 g/mol. The summed E-state index contributed by atoms with van der Waals surface area (Å²) in [6.45, 7) is 5.95. The summed E-state index contributed by atoms with van der Waals surface area (Å²) in [5, 5.41) is 5.82. The number of rotatable bonds is 9. The summed E-state index contributed by atoms with van der Waals surface area (Å²) in [4.78, 5) is 26.1. The van der Waals surface area contributed by atoms with E-state index in [9.17, 15) is 18.0 Å². The molecule has 7 nitrogen and oxygen atoms in total. The first-order chi connectivity index (χ1) is 19.0. The smallest absolute Gasteiger partial charge is 0.255 e.